The van der Waals surface area contributed by atoms with Crippen LogP contribution in [0.15, 0.2) is 24.3 Å². The van der Waals surface area contributed by atoms with E-state index in [1.54, 1.807) is 0 Å². The second-order valence-electron chi connectivity index (χ2n) is 5.10. The Bertz CT molecular complexity index is 548. The quantitative estimate of drug-likeness (QED) is 0.601. The van der Waals surface area contributed by atoms with E-state index < -0.39 is 0 Å². The number of aromatic nitrogens is 2. The highest BCUT2D eigenvalue weighted by Crippen LogP contribution is 2.21. The number of anilines is 1. The molecule has 0 saturated heterocycles. The van der Waals surface area contributed by atoms with Crippen LogP contribution in [0.25, 0.3) is 11.0 Å². The Hall–Kier alpha value is -1.22. The predicted octanol–water partition coefficient (Wildman–Crippen LogP) is -0.0614. The third kappa shape index (κ3) is 2.57. The topological polar surface area (TPSA) is 20.8 Å². The lowest BCUT2D eigenvalue weighted by Crippen LogP contribution is -3.00. The number of aryl methyl sites for hydroxylation is 1. The molecule has 2 heterocycles. The molecule has 0 atom stereocenters. The Kier molecular flexibility index (Phi) is 4.70. The van der Waals surface area contributed by atoms with E-state index in [1.165, 1.54) is 42.7 Å². The first-order valence-corrected chi connectivity index (χ1v) is 7.16. The Balaban J connectivity index is 0.00000133. The monoisotopic (exact) mass is 279 g/mol. The SMILES string of the molecule is CCCCCCn1c2[n+](c3ccccc31)CCN2.[Cl-]. The van der Waals surface area contributed by atoms with Crippen LogP contribution in [-0.4, -0.2) is 11.1 Å². The summed E-state index contributed by atoms with van der Waals surface area (Å²) in [6.45, 7) is 5.56. The highest BCUT2D eigenvalue weighted by Gasteiger charge is 2.27. The van der Waals surface area contributed by atoms with Gasteiger partial charge in [-0.2, -0.15) is 0 Å². The number of nitrogens with one attached hydrogen (secondary N) is 1. The minimum absolute atomic E-state index is 0. The fourth-order valence-corrected chi connectivity index (χ4v) is 2.91. The molecule has 0 saturated carbocycles. The van der Waals surface area contributed by atoms with Gasteiger partial charge in [0, 0.05) is 0 Å². The van der Waals surface area contributed by atoms with Crippen LogP contribution in [-0.2, 0) is 13.1 Å². The fraction of sp³-hybridized carbons (Fsp3) is 0.533. The lowest BCUT2D eigenvalue weighted by atomic mass is 10.2. The van der Waals surface area contributed by atoms with Crippen LogP contribution in [0, 0.1) is 0 Å². The van der Waals surface area contributed by atoms with Crippen molar-refractivity contribution in [3.8, 4) is 0 Å². The van der Waals surface area contributed by atoms with E-state index in [-0.39, 0.29) is 12.4 Å². The number of benzene rings is 1. The van der Waals surface area contributed by atoms with Crippen LogP contribution >= 0.6 is 0 Å². The molecule has 1 aliphatic heterocycles. The Morgan fingerprint density at radius 1 is 1.21 bits per heavy atom. The number of hydrogen-bond donors (Lipinski definition) is 1. The fourth-order valence-electron chi connectivity index (χ4n) is 2.91. The molecule has 104 valence electrons. The molecule has 0 amide bonds. The van der Waals surface area contributed by atoms with Crippen molar-refractivity contribution in [3.05, 3.63) is 24.3 Å². The molecule has 2 aromatic rings. The zero-order valence-electron chi connectivity index (χ0n) is 11.5. The summed E-state index contributed by atoms with van der Waals surface area (Å²) in [5.74, 6) is 1.30. The molecule has 3 rings (SSSR count). The van der Waals surface area contributed by atoms with Crippen molar-refractivity contribution in [1.29, 1.82) is 0 Å². The van der Waals surface area contributed by atoms with Crippen LogP contribution in [0.3, 0.4) is 0 Å². The number of nitrogens with zero attached hydrogens (tertiary/aromatic N) is 2. The van der Waals surface area contributed by atoms with Gasteiger partial charge in [-0.25, -0.2) is 9.13 Å². The van der Waals surface area contributed by atoms with Gasteiger partial charge in [-0.05, 0) is 18.6 Å². The summed E-state index contributed by atoms with van der Waals surface area (Å²) >= 11 is 0. The van der Waals surface area contributed by atoms with Crippen molar-refractivity contribution in [2.75, 3.05) is 11.9 Å². The minimum atomic E-state index is 0. The lowest BCUT2D eigenvalue weighted by molar-refractivity contribution is -0.644. The number of halogens is 1. The Morgan fingerprint density at radius 2 is 2.05 bits per heavy atom. The first-order valence-electron chi connectivity index (χ1n) is 7.16. The molecule has 19 heavy (non-hydrogen) atoms. The molecule has 0 spiro atoms. The van der Waals surface area contributed by atoms with Gasteiger partial charge in [-0.1, -0.05) is 38.3 Å². The largest absolute Gasteiger partial charge is 1.00 e. The molecule has 0 unspecified atom stereocenters. The van der Waals surface area contributed by atoms with E-state index in [0.29, 0.717) is 0 Å². The molecule has 3 nitrogen and oxygen atoms in total. The molecule has 1 N–H and O–H groups in total. The molecule has 0 radical (unpaired) electrons. The second kappa shape index (κ2) is 6.29. The molecular weight excluding hydrogens is 258 g/mol. The molecule has 1 aromatic carbocycles. The van der Waals surface area contributed by atoms with Crippen molar-refractivity contribution < 1.29 is 17.0 Å². The third-order valence-corrected chi connectivity index (χ3v) is 3.83. The van der Waals surface area contributed by atoms with E-state index in [1.807, 2.05) is 0 Å². The molecule has 4 heteroatoms. The summed E-state index contributed by atoms with van der Waals surface area (Å²) in [7, 11) is 0. The van der Waals surface area contributed by atoms with Gasteiger partial charge in [0.2, 0.25) is 0 Å². The van der Waals surface area contributed by atoms with Gasteiger partial charge in [0.15, 0.2) is 0 Å². The molecular formula is C15H22ClN3. The average Bonchev–Trinajstić information content (AvgIpc) is 2.97. The van der Waals surface area contributed by atoms with Crippen LogP contribution < -0.4 is 22.3 Å². The summed E-state index contributed by atoms with van der Waals surface area (Å²) in [5.41, 5.74) is 2.74. The van der Waals surface area contributed by atoms with Gasteiger partial charge < -0.3 is 12.4 Å². The Labute approximate surface area is 121 Å². The highest BCUT2D eigenvalue weighted by molar-refractivity contribution is 5.74. The van der Waals surface area contributed by atoms with Gasteiger partial charge in [-0.15, -0.1) is 0 Å². The van der Waals surface area contributed by atoms with Crippen molar-refractivity contribution >= 4 is 17.0 Å². The van der Waals surface area contributed by atoms with Crippen LogP contribution in [0.1, 0.15) is 32.6 Å². The van der Waals surface area contributed by atoms with Crippen LogP contribution in [0.4, 0.5) is 5.95 Å². The number of unbranched alkanes of at least 4 members (excludes halogenated alkanes) is 3. The van der Waals surface area contributed by atoms with Gasteiger partial charge >= 0.3 is 5.95 Å². The molecule has 0 bridgehead atoms. The molecule has 1 aromatic heterocycles. The molecule has 1 aliphatic rings. The van der Waals surface area contributed by atoms with E-state index >= 15 is 0 Å². The maximum atomic E-state index is 3.52. The summed E-state index contributed by atoms with van der Waals surface area (Å²) < 4.78 is 4.87. The minimum Gasteiger partial charge on any atom is -1.00 e. The number of imidazole rings is 1. The van der Waals surface area contributed by atoms with Crippen molar-refractivity contribution in [2.24, 2.45) is 0 Å². The predicted molar refractivity (Wildman–Crippen MR) is 74.8 cm³/mol. The van der Waals surface area contributed by atoms with E-state index in [2.05, 4.69) is 45.6 Å². The molecule has 0 aliphatic carbocycles. The third-order valence-electron chi connectivity index (χ3n) is 3.83. The number of rotatable bonds is 5. The van der Waals surface area contributed by atoms with Gasteiger partial charge in [0.05, 0.1) is 13.1 Å². The van der Waals surface area contributed by atoms with Crippen molar-refractivity contribution in [3.63, 3.8) is 0 Å². The lowest BCUT2D eigenvalue weighted by Gasteiger charge is -2.02. The highest BCUT2D eigenvalue weighted by atomic mass is 35.5. The zero-order valence-corrected chi connectivity index (χ0v) is 12.3. The van der Waals surface area contributed by atoms with Gasteiger partial charge in [-0.3, -0.25) is 5.32 Å². The Morgan fingerprint density at radius 3 is 2.89 bits per heavy atom. The van der Waals surface area contributed by atoms with Crippen molar-refractivity contribution in [2.45, 2.75) is 45.7 Å². The number of para-hydroxylation sites is 2. The maximum absolute atomic E-state index is 3.52. The smallest absolute Gasteiger partial charge is 0.358 e. The van der Waals surface area contributed by atoms with Crippen LogP contribution in [0.5, 0.6) is 0 Å². The summed E-state index contributed by atoms with van der Waals surface area (Å²) in [6.07, 6.45) is 5.27. The first-order chi connectivity index (χ1) is 8.92. The summed E-state index contributed by atoms with van der Waals surface area (Å²) in [6, 6.07) is 8.74. The van der Waals surface area contributed by atoms with Crippen LogP contribution in [0.2, 0.25) is 0 Å². The second-order valence-corrected chi connectivity index (χ2v) is 5.10. The van der Waals surface area contributed by atoms with E-state index in [4.69, 9.17) is 0 Å². The number of fused-ring (bicyclic) bond motifs is 3. The summed E-state index contributed by atoms with van der Waals surface area (Å²) in [4.78, 5) is 0. The average molecular weight is 280 g/mol. The summed E-state index contributed by atoms with van der Waals surface area (Å²) in [5, 5.41) is 3.52. The van der Waals surface area contributed by atoms with E-state index in [0.717, 1.165) is 19.6 Å². The molecule has 0 fully saturated rings. The van der Waals surface area contributed by atoms with Crippen molar-refractivity contribution in [1.82, 2.24) is 4.57 Å². The normalized spacial score (nSPS) is 13.1. The number of hydrogen-bond acceptors (Lipinski definition) is 1. The van der Waals surface area contributed by atoms with Gasteiger partial charge in [0.25, 0.3) is 0 Å². The maximum Gasteiger partial charge on any atom is 0.358 e. The first kappa shape index (κ1) is 14.2. The zero-order chi connectivity index (χ0) is 12.4. The standard InChI is InChI=1S/C15H21N3.ClH/c1-2-3-4-7-11-17-13-8-5-6-9-14(13)18-12-10-16-15(17)18;/h5-6,8-9H,2-4,7,10-12H2,1H3;1H. The van der Waals surface area contributed by atoms with Gasteiger partial charge in [0.1, 0.15) is 17.6 Å². The van der Waals surface area contributed by atoms with E-state index in [9.17, 15) is 0 Å².